The first-order valence-electron chi connectivity index (χ1n) is 12.9. The van der Waals surface area contributed by atoms with Crippen molar-refractivity contribution < 1.29 is 32.3 Å². The molecule has 1 aromatic heterocycles. The van der Waals surface area contributed by atoms with E-state index in [-0.39, 0.29) is 23.4 Å². The van der Waals surface area contributed by atoms with Crippen LogP contribution in [0.3, 0.4) is 0 Å². The summed E-state index contributed by atoms with van der Waals surface area (Å²) in [7, 11) is 1.58. The third kappa shape index (κ3) is 4.11. The Hall–Kier alpha value is -4.80. The van der Waals surface area contributed by atoms with Crippen LogP contribution in [-0.4, -0.2) is 41.4 Å². The number of alkyl halides is 3. The van der Waals surface area contributed by atoms with Crippen molar-refractivity contribution in [1.82, 2.24) is 15.2 Å². The largest absolute Gasteiger partial charge is 0.497 e. The van der Waals surface area contributed by atoms with Crippen molar-refractivity contribution in [3.05, 3.63) is 94.7 Å². The number of imide groups is 1. The number of urea groups is 1. The summed E-state index contributed by atoms with van der Waals surface area (Å²) in [4.78, 5) is 46.9. The fraction of sp³-hybridized carbons (Fsp3) is 0.233. The zero-order valence-corrected chi connectivity index (χ0v) is 22.1. The maximum Gasteiger partial charge on any atom is 0.416 e. The van der Waals surface area contributed by atoms with Gasteiger partial charge in [0.15, 0.2) is 5.54 Å². The normalized spacial score (nSPS) is 18.5. The highest BCUT2D eigenvalue weighted by molar-refractivity contribution is 6.25. The number of H-pyrrole nitrogens is 1. The van der Waals surface area contributed by atoms with Gasteiger partial charge in [-0.15, -0.1) is 0 Å². The quantitative estimate of drug-likeness (QED) is 0.320. The van der Waals surface area contributed by atoms with Crippen LogP contribution in [0.1, 0.15) is 39.7 Å². The molecule has 3 heterocycles. The molecule has 0 saturated carbocycles. The second-order valence-electron chi connectivity index (χ2n) is 10.2. The summed E-state index contributed by atoms with van der Waals surface area (Å²) >= 11 is 0. The highest BCUT2D eigenvalue weighted by Crippen LogP contribution is 2.46. The van der Waals surface area contributed by atoms with Gasteiger partial charge in [0.25, 0.3) is 11.8 Å². The van der Waals surface area contributed by atoms with E-state index in [0.29, 0.717) is 24.4 Å². The van der Waals surface area contributed by atoms with Crippen LogP contribution in [0.25, 0.3) is 10.9 Å². The van der Waals surface area contributed by atoms with Gasteiger partial charge in [0, 0.05) is 24.0 Å². The second kappa shape index (κ2) is 9.39. The van der Waals surface area contributed by atoms with Crippen LogP contribution in [0, 0.1) is 0 Å². The Labute approximate surface area is 232 Å². The predicted molar refractivity (Wildman–Crippen MR) is 145 cm³/mol. The fourth-order valence-corrected chi connectivity index (χ4v) is 5.75. The number of halogens is 3. The van der Waals surface area contributed by atoms with Crippen molar-refractivity contribution in [2.45, 2.75) is 31.6 Å². The van der Waals surface area contributed by atoms with E-state index in [4.69, 9.17) is 4.74 Å². The lowest BCUT2D eigenvalue weighted by atomic mass is 9.87. The third-order valence-corrected chi connectivity index (χ3v) is 7.86. The number of benzene rings is 3. The summed E-state index contributed by atoms with van der Waals surface area (Å²) < 4.78 is 44.7. The van der Waals surface area contributed by atoms with Gasteiger partial charge in [-0.05, 0) is 66.9 Å². The van der Waals surface area contributed by atoms with Crippen LogP contribution < -0.4 is 15.0 Å². The molecule has 0 aliphatic carbocycles. The zero-order chi connectivity index (χ0) is 29.1. The van der Waals surface area contributed by atoms with Crippen LogP contribution in [0.4, 0.5) is 23.7 Å². The summed E-state index contributed by atoms with van der Waals surface area (Å²) in [6.07, 6.45) is -3.99. The Balaban J connectivity index is 1.32. The molecule has 0 spiro atoms. The van der Waals surface area contributed by atoms with Crippen molar-refractivity contribution in [2.75, 3.05) is 18.6 Å². The van der Waals surface area contributed by atoms with E-state index in [0.717, 1.165) is 33.5 Å². The predicted octanol–water partition coefficient (Wildman–Crippen LogP) is 5.37. The number of nitrogens with one attached hydrogen (secondary N) is 2. The molecular formula is C30H25F3N4O4. The lowest BCUT2D eigenvalue weighted by Gasteiger charge is -2.35. The van der Waals surface area contributed by atoms with Crippen molar-refractivity contribution in [3.8, 4) is 5.75 Å². The fourth-order valence-electron chi connectivity index (χ4n) is 5.75. The average Bonchev–Trinajstić information content (AvgIpc) is 3.43. The summed E-state index contributed by atoms with van der Waals surface area (Å²) in [5, 5.41) is 3.53. The number of carbonyl (C=O) groups is 3. The minimum Gasteiger partial charge on any atom is -0.497 e. The molecular weight excluding hydrogens is 537 g/mol. The van der Waals surface area contributed by atoms with E-state index >= 15 is 0 Å². The van der Waals surface area contributed by atoms with Gasteiger partial charge >= 0.3 is 12.2 Å². The first-order chi connectivity index (χ1) is 19.5. The van der Waals surface area contributed by atoms with Gasteiger partial charge in [0.1, 0.15) is 5.75 Å². The van der Waals surface area contributed by atoms with E-state index in [9.17, 15) is 27.6 Å². The molecule has 3 aromatic carbocycles. The topological polar surface area (TPSA) is 94.7 Å². The molecule has 1 fully saturated rings. The number of nitrogens with zero attached hydrogens (tertiary/aromatic N) is 2. The van der Waals surface area contributed by atoms with Gasteiger partial charge in [0.2, 0.25) is 0 Å². The summed E-state index contributed by atoms with van der Waals surface area (Å²) in [6.45, 7) is 1.80. The molecule has 1 saturated heterocycles. The lowest BCUT2D eigenvalue weighted by Crippen LogP contribution is -2.49. The first-order valence-corrected chi connectivity index (χ1v) is 12.9. The number of fused-ring (bicyclic) bond motifs is 5. The number of aromatic amines is 1. The molecule has 11 heteroatoms. The van der Waals surface area contributed by atoms with Crippen molar-refractivity contribution in [1.29, 1.82) is 0 Å². The van der Waals surface area contributed by atoms with Gasteiger partial charge in [-0.25, -0.2) is 9.69 Å². The van der Waals surface area contributed by atoms with E-state index < -0.39 is 35.1 Å². The molecule has 1 atom stereocenters. The third-order valence-electron chi connectivity index (χ3n) is 7.86. The van der Waals surface area contributed by atoms with Crippen LogP contribution >= 0.6 is 0 Å². The number of ether oxygens (including phenoxy) is 1. The summed E-state index contributed by atoms with van der Waals surface area (Å²) in [5.74, 6) is -0.473. The highest BCUT2D eigenvalue weighted by atomic mass is 19.4. The number of aromatic nitrogens is 1. The van der Waals surface area contributed by atoms with Gasteiger partial charge in [-0.2, -0.15) is 13.2 Å². The van der Waals surface area contributed by atoms with E-state index in [1.807, 2.05) is 18.2 Å². The molecule has 41 heavy (non-hydrogen) atoms. The van der Waals surface area contributed by atoms with Gasteiger partial charge < -0.3 is 19.9 Å². The number of hydrogen-bond donors (Lipinski definition) is 2. The maximum absolute atomic E-state index is 14.1. The molecule has 8 nitrogen and oxygen atoms in total. The Morgan fingerprint density at radius 3 is 2.61 bits per heavy atom. The zero-order valence-electron chi connectivity index (χ0n) is 22.1. The minimum atomic E-state index is -4.51. The van der Waals surface area contributed by atoms with Crippen LogP contribution in [-0.2, 0) is 29.5 Å². The maximum atomic E-state index is 14.1. The molecule has 2 aliphatic heterocycles. The molecule has 2 aliphatic rings. The summed E-state index contributed by atoms with van der Waals surface area (Å²) in [5.41, 5.74) is 0.590. The monoisotopic (exact) mass is 562 g/mol. The standard InChI is InChI=1S/C30H25F3N4O4/c1-29-25-20(22-15-19(41-2)10-11-23(22)35-25)12-13-36(29)28(40)37(27(29)39)24-9-4-3-8-21(24)26(38)34-16-17-6-5-7-18(14-17)30(31,32)33/h3-11,14-15,35H,12-13,16H2,1-2H3,(H,34,38)/t29-/m0/s1. The van der Waals surface area contributed by atoms with Crippen LogP contribution in [0.5, 0.6) is 5.75 Å². The number of rotatable bonds is 5. The SMILES string of the molecule is COc1ccc2[nH]c3c(c2c1)CCN1C(=O)N(c2ccccc2C(=O)NCc2cccc(C(F)(F)F)c2)C(=O)[C@]31C. The van der Waals surface area contributed by atoms with Crippen molar-refractivity contribution in [3.63, 3.8) is 0 Å². The minimum absolute atomic E-state index is 0.0474. The molecule has 0 radical (unpaired) electrons. The molecule has 6 rings (SSSR count). The average molecular weight is 563 g/mol. The van der Waals surface area contributed by atoms with Crippen LogP contribution in [0.15, 0.2) is 66.7 Å². The molecule has 0 unspecified atom stereocenters. The number of methoxy groups -OCH3 is 1. The number of carbonyl (C=O) groups excluding carboxylic acids is 3. The smallest absolute Gasteiger partial charge is 0.416 e. The Kier molecular flexibility index (Phi) is 6.05. The van der Waals surface area contributed by atoms with E-state index in [1.54, 1.807) is 26.2 Å². The Morgan fingerprint density at radius 2 is 1.85 bits per heavy atom. The number of amides is 4. The van der Waals surface area contributed by atoms with Gasteiger partial charge in [0.05, 0.1) is 29.6 Å². The molecule has 0 bridgehead atoms. The second-order valence-corrected chi connectivity index (χ2v) is 10.2. The highest BCUT2D eigenvalue weighted by Gasteiger charge is 2.59. The number of hydrogen-bond acceptors (Lipinski definition) is 4. The Bertz CT molecular complexity index is 1730. The number of anilines is 1. The molecule has 4 amide bonds. The Morgan fingerprint density at radius 1 is 1.07 bits per heavy atom. The van der Waals surface area contributed by atoms with Crippen molar-refractivity contribution >= 4 is 34.4 Å². The summed E-state index contributed by atoms with van der Waals surface area (Å²) in [6, 6.07) is 15.9. The first kappa shape index (κ1) is 26.4. The van der Waals surface area contributed by atoms with Gasteiger partial charge in [-0.1, -0.05) is 24.3 Å². The number of para-hydroxylation sites is 1. The molecule has 210 valence electrons. The lowest BCUT2D eigenvalue weighted by molar-refractivity contribution is -0.137. The van der Waals surface area contributed by atoms with Crippen molar-refractivity contribution in [2.24, 2.45) is 0 Å². The van der Waals surface area contributed by atoms with Crippen LogP contribution in [0.2, 0.25) is 0 Å². The molecule has 4 aromatic rings. The van der Waals surface area contributed by atoms with Gasteiger partial charge in [-0.3, -0.25) is 9.59 Å². The molecule has 2 N–H and O–H groups in total. The van der Waals surface area contributed by atoms with E-state index in [1.165, 1.54) is 29.2 Å². The van der Waals surface area contributed by atoms with E-state index in [2.05, 4.69) is 10.3 Å².